The molecular formula is C14H19NO2. The van der Waals surface area contributed by atoms with Crippen LogP contribution in [0.15, 0.2) is 30.3 Å². The van der Waals surface area contributed by atoms with E-state index in [-0.39, 0.29) is 11.8 Å². The Kier molecular flexibility index (Phi) is 3.48. The van der Waals surface area contributed by atoms with Crippen LogP contribution in [0.1, 0.15) is 19.4 Å². The van der Waals surface area contributed by atoms with Gasteiger partial charge in [-0.2, -0.15) is 0 Å². The number of carboxylic acid groups (broad SMARTS) is 1. The van der Waals surface area contributed by atoms with E-state index in [1.807, 2.05) is 25.1 Å². The molecule has 3 heteroatoms. The molecule has 1 aromatic carbocycles. The van der Waals surface area contributed by atoms with Crippen molar-refractivity contribution in [2.45, 2.75) is 26.4 Å². The molecule has 2 rings (SSSR count). The number of carbonyl (C=O) groups is 1. The quantitative estimate of drug-likeness (QED) is 0.870. The van der Waals surface area contributed by atoms with Crippen LogP contribution in [0, 0.1) is 11.8 Å². The summed E-state index contributed by atoms with van der Waals surface area (Å²) in [6.07, 6.45) is 0. The number of benzene rings is 1. The number of likely N-dealkylation sites (tertiary alicyclic amines) is 1. The van der Waals surface area contributed by atoms with Gasteiger partial charge in [-0.1, -0.05) is 37.3 Å². The average molecular weight is 233 g/mol. The second-order valence-corrected chi connectivity index (χ2v) is 4.96. The molecule has 92 valence electrons. The van der Waals surface area contributed by atoms with Gasteiger partial charge in [0, 0.05) is 19.1 Å². The van der Waals surface area contributed by atoms with Crippen LogP contribution in [0.2, 0.25) is 0 Å². The van der Waals surface area contributed by atoms with E-state index in [0.717, 1.165) is 6.54 Å². The van der Waals surface area contributed by atoms with Crippen molar-refractivity contribution in [2.75, 3.05) is 6.54 Å². The van der Waals surface area contributed by atoms with E-state index in [4.69, 9.17) is 5.11 Å². The van der Waals surface area contributed by atoms with Crippen molar-refractivity contribution in [1.29, 1.82) is 0 Å². The molecule has 3 nitrogen and oxygen atoms in total. The highest BCUT2D eigenvalue weighted by Crippen LogP contribution is 2.30. The maximum atomic E-state index is 11.1. The minimum absolute atomic E-state index is 0.219. The van der Waals surface area contributed by atoms with Crippen molar-refractivity contribution >= 4 is 5.97 Å². The molecule has 1 fully saturated rings. The van der Waals surface area contributed by atoms with Crippen molar-refractivity contribution in [2.24, 2.45) is 11.8 Å². The van der Waals surface area contributed by atoms with Crippen molar-refractivity contribution < 1.29 is 9.90 Å². The molecule has 3 unspecified atom stereocenters. The zero-order valence-electron chi connectivity index (χ0n) is 10.3. The Balaban J connectivity index is 2.06. The highest BCUT2D eigenvalue weighted by atomic mass is 16.4. The van der Waals surface area contributed by atoms with Gasteiger partial charge in [-0.05, 0) is 18.4 Å². The summed E-state index contributed by atoms with van der Waals surface area (Å²) in [4.78, 5) is 13.4. The first-order valence-corrected chi connectivity index (χ1v) is 6.10. The molecule has 0 aromatic heterocycles. The lowest BCUT2D eigenvalue weighted by Crippen LogP contribution is -2.28. The highest BCUT2D eigenvalue weighted by molar-refractivity contribution is 5.71. The standard InChI is InChI=1S/C14H19NO2/c1-10-11(2)15(9-13(10)14(16)17)8-12-6-4-3-5-7-12/h3-7,10-11,13H,8-9H2,1-2H3,(H,16,17). The van der Waals surface area contributed by atoms with E-state index in [0.29, 0.717) is 12.6 Å². The fourth-order valence-electron chi connectivity index (χ4n) is 2.58. The Labute approximate surface area is 102 Å². The molecular weight excluding hydrogens is 214 g/mol. The molecule has 0 amide bonds. The fraction of sp³-hybridized carbons (Fsp3) is 0.500. The summed E-state index contributed by atoms with van der Waals surface area (Å²) in [5.41, 5.74) is 1.25. The molecule has 0 saturated carbocycles. The molecule has 1 N–H and O–H groups in total. The van der Waals surface area contributed by atoms with Gasteiger partial charge in [0.2, 0.25) is 0 Å². The number of aliphatic carboxylic acids is 1. The molecule has 1 aromatic rings. The van der Waals surface area contributed by atoms with Gasteiger partial charge >= 0.3 is 5.97 Å². The SMILES string of the molecule is CC1C(C(=O)O)CN(Cc2ccccc2)C1C. The first kappa shape index (κ1) is 12.1. The Morgan fingerprint density at radius 1 is 1.35 bits per heavy atom. The molecule has 0 spiro atoms. The molecule has 3 atom stereocenters. The number of nitrogens with zero attached hydrogens (tertiary/aromatic N) is 1. The van der Waals surface area contributed by atoms with Crippen LogP contribution in [0.25, 0.3) is 0 Å². The van der Waals surface area contributed by atoms with Crippen molar-refractivity contribution in [3.8, 4) is 0 Å². The monoisotopic (exact) mass is 233 g/mol. The maximum Gasteiger partial charge on any atom is 0.308 e. The Morgan fingerprint density at radius 2 is 2.00 bits per heavy atom. The third kappa shape index (κ3) is 2.50. The van der Waals surface area contributed by atoms with Gasteiger partial charge < -0.3 is 5.11 Å². The van der Waals surface area contributed by atoms with E-state index < -0.39 is 5.97 Å². The molecule has 1 saturated heterocycles. The molecule has 1 aliphatic rings. The highest BCUT2D eigenvalue weighted by Gasteiger charge is 2.39. The number of carboxylic acids is 1. The fourth-order valence-corrected chi connectivity index (χ4v) is 2.58. The Hall–Kier alpha value is -1.35. The van der Waals surface area contributed by atoms with Crippen LogP contribution in [0.5, 0.6) is 0 Å². The van der Waals surface area contributed by atoms with Gasteiger partial charge in [0.1, 0.15) is 0 Å². The van der Waals surface area contributed by atoms with Crippen molar-refractivity contribution in [1.82, 2.24) is 4.90 Å². The predicted molar refractivity (Wildman–Crippen MR) is 66.6 cm³/mol. The van der Waals surface area contributed by atoms with Gasteiger partial charge in [0.05, 0.1) is 5.92 Å². The number of hydrogen-bond acceptors (Lipinski definition) is 2. The van der Waals surface area contributed by atoms with Gasteiger partial charge in [0.15, 0.2) is 0 Å². The average Bonchev–Trinajstić information content (AvgIpc) is 2.59. The molecule has 1 aliphatic heterocycles. The second-order valence-electron chi connectivity index (χ2n) is 4.96. The Morgan fingerprint density at radius 3 is 2.53 bits per heavy atom. The zero-order chi connectivity index (χ0) is 12.4. The summed E-state index contributed by atoms with van der Waals surface area (Å²) < 4.78 is 0. The first-order valence-electron chi connectivity index (χ1n) is 6.10. The molecule has 1 heterocycles. The van der Waals surface area contributed by atoms with Crippen LogP contribution in [-0.2, 0) is 11.3 Å². The molecule has 0 aliphatic carbocycles. The zero-order valence-corrected chi connectivity index (χ0v) is 10.3. The predicted octanol–water partition coefficient (Wildman–Crippen LogP) is 2.23. The topological polar surface area (TPSA) is 40.5 Å². The summed E-state index contributed by atoms with van der Waals surface area (Å²) in [6, 6.07) is 10.6. The Bertz CT molecular complexity index is 390. The smallest absolute Gasteiger partial charge is 0.308 e. The molecule has 17 heavy (non-hydrogen) atoms. The van der Waals surface area contributed by atoms with E-state index >= 15 is 0 Å². The van der Waals surface area contributed by atoms with E-state index in [1.54, 1.807) is 0 Å². The number of rotatable bonds is 3. The largest absolute Gasteiger partial charge is 0.481 e. The first-order chi connectivity index (χ1) is 8.09. The van der Waals surface area contributed by atoms with Crippen LogP contribution in [0.3, 0.4) is 0 Å². The maximum absolute atomic E-state index is 11.1. The lowest BCUT2D eigenvalue weighted by Gasteiger charge is -2.22. The summed E-state index contributed by atoms with van der Waals surface area (Å²) in [5.74, 6) is -0.676. The minimum atomic E-state index is -0.667. The van der Waals surface area contributed by atoms with Gasteiger partial charge in [-0.25, -0.2) is 0 Å². The summed E-state index contributed by atoms with van der Waals surface area (Å²) in [5, 5.41) is 9.16. The lowest BCUT2D eigenvalue weighted by molar-refractivity contribution is -0.142. The van der Waals surface area contributed by atoms with Crippen LogP contribution in [0.4, 0.5) is 0 Å². The van der Waals surface area contributed by atoms with Gasteiger partial charge in [0.25, 0.3) is 0 Å². The van der Waals surface area contributed by atoms with E-state index in [9.17, 15) is 4.79 Å². The van der Waals surface area contributed by atoms with E-state index in [2.05, 4.69) is 24.0 Å². The van der Waals surface area contributed by atoms with Crippen molar-refractivity contribution in [3.05, 3.63) is 35.9 Å². The van der Waals surface area contributed by atoms with Crippen LogP contribution in [-0.4, -0.2) is 28.6 Å². The molecule has 0 radical (unpaired) electrons. The third-order valence-electron chi connectivity index (χ3n) is 3.95. The van der Waals surface area contributed by atoms with Crippen LogP contribution >= 0.6 is 0 Å². The van der Waals surface area contributed by atoms with Crippen molar-refractivity contribution in [3.63, 3.8) is 0 Å². The molecule has 0 bridgehead atoms. The lowest BCUT2D eigenvalue weighted by atomic mass is 9.94. The van der Waals surface area contributed by atoms with Gasteiger partial charge in [-0.3, -0.25) is 9.69 Å². The summed E-state index contributed by atoms with van der Waals surface area (Å²) in [6.45, 7) is 5.66. The normalized spacial score (nSPS) is 29.4. The van der Waals surface area contributed by atoms with Gasteiger partial charge in [-0.15, -0.1) is 0 Å². The second kappa shape index (κ2) is 4.88. The van der Waals surface area contributed by atoms with Crippen LogP contribution < -0.4 is 0 Å². The summed E-state index contributed by atoms with van der Waals surface area (Å²) >= 11 is 0. The third-order valence-corrected chi connectivity index (χ3v) is 3.95. The van der Waals surface area contributed by atoms with E-state index in [1.165, 1.54) is 5.56 Å². The number of hydrogen-bond donors (Lipinski definition) is 1. The minimum Gasteiger partial charge on any atom is -0.481 e. The summed E-state index contributed by atoms with van der Waals surface area (Å²) in [7, 11) is 0.